The molecule has 0 aliphatic carbocycles. The Labute approximate surface area is 164 Å². The fourth-order valence-electron chi connectivity index (χ4n) is 4.87. The van der Waals surface area contributed by atoms with Crippen molar-refractivity contribution >= 4 is 11.8 Å². The van der Waals surface area contributed by atoms with Crippen LogP contribution < -0.4 is 0 Å². The van der Waals surface area contributed by atoms with E-state index >= 15 is 0 Å². The van der Waals surface area contributed by atoms with Crippen LogP contribution in [0.3, 0.4) is 0 Å². The summed E-state index contributed by atoms with van der Waals surface area (Å²) in [6.07, 6.45) is 6.04. The second kappa shape index (κ2) is 9.87. The normalized spacial score (nSPS) is 28.8. The quantitative estimate of drug-likeness (QED) is 0.744. The van der Waals surface area contributed by atoms with E-state index in [2.05, 4.69) is 33.4 Å². The van der Waals surface area contributed by atoms with Gasteiger partial charge in [0.1, 0.15) is 0 Å². The SMILES string of the molecule is CC1CC(C)CN(C(=O)CN2CCN(CC(=O)N3CCCCCC3)CC2)C1. The molecule has 2 amide bonds. The van der Waals surface area contributed by atoms with Crippen LogP contribution in [0, 0.1) is 11.8 Å². The summed E-state index contributed by atoms with van der Waals surface area (Å²) >= 11 is 0. The average Bonchev–Trinajstić information content (AvgIpc) is 2.92. The second-order valence-corrected chi connectivity index (χ2v) is 9.09. The molecule has 3 aliphatic heterocycles. The molecule has 154 valence electrons. The van der Waals surface area contributed by atoms with E-state index in [0.717, 1.165) is 65.2 Å². The summed E-state index contributed by atoms with van der Waals surface area (Å²) in [7, 11) is 0. The number of likely N-dealkylation sites (tertiary alicyclic amines) is 2. The van der Waals surface area contributed by atoms with Gasteiger partial charge in [0.25, 0.3) is 0 Å². The minimum atomic E-state index is 0.280. The summed E-state index contributed by atoms with van der Waals surface area (Å²) < 4.78 is 0. The molecule has 3 rings (SSSR count). The van der Waals surface area contributed by atoms with E-state index in [0.29, 0.717) is 24.9 Å². The summed E-state index contributed by atoms with van der Waals surface area (Å²) in [5, 5.41) is 0. The van der Waals surface area contributed by atoms with Crippen molar-refractivity contribution in [2.45, 2.75) is 46.0 Å². The number of hydrogen-bond acceptors (Lipinski definition) is 4. The third-order valence-corrected chi connectivity index (χ3v) is 6.36. The summed E-state index contributed by atoms with van der Waals surface area (Å²) in [6, 6.07) is 0. The lowest BCUT2D eigenvalue weighted by Crippen LogP contribution is -2.53. The van der Waals surface area contributed by atoms with Gasteiger partial charge in [-0.05, 0) is 31.1 Å². The van der Waals surface area contributed by atoms with Crippen LogP contribution in [0.1, 0.15) is 46.0 Å². The van der Waals surface area contributed by atoms with Gasteiger partial charge in [-0.3, -0.25) is 19.4 Å². The Bertz CT molecular complexity index is 486. The van der Waals surface area contributed by atoms with Gasteiger partial charge in [-0.2, -0.15) is 0 Å². The van der Waals surface area contributed by atoms with Crippen LogP contribution in [0.15, 0.2) is 0 Å². The Morgan fingerprint density at radius 3 is 1.59 bits per heavy atom. The molecule has 0 spiro atoms. The van der Waals surface area contributed by atoms with E-state index in [1.807, 2.05) is 0 Å². The number of piperidine rings is 1. The predicted octanol–water partition coefficient (Wildman–Crippen LogP) is 1.51. The number of piperazine rings is 1. The highest BCUT2D eigenvalue weighted by Crippen LogP contribution is 2.21. The third kappa shape index (κ3) is 6.18. The van der Waals surface area contributed by atoms with E-state index in [-0.39, 0.29) is 11.8 Å². The number of carbonyl (C=O) groups excluding carboxylic acids is 2. The molecule has 0 bridgehead atoms. The van der Waals surface area contributed by atoms with Crippen LogP contribution in [0.4, 0.5) is 0 Å². The van der Waals surface area contributed by atoms with Gasteiger partial charge in [0.2, 0.25) is 11.8 Å². The zero-order chi connectivity index (χ0) is 19.2. The zero-order valence-electron chi connectivity index (χ0n) is 17.4. The van der Waals surface area contributed by atoms with Gasteiger partial charge in [0, 0.05) is 52.4 Å². The molecular weight excluding hydrogens is 340 g/mol. The molecule has 3 fully saturated rings. The minimum Gasteiger partial charge on any atom is -0.342 e. The molecule has 0 aromatic rings. The minimum absolute atomic E-state index is 0.280. The van der Waals surface area contributed by atoms with Crippen LogP contribution in [0.25, 0.3) is 0 Å². The maximum atomic E-state index is 12.7. The predicted molar refractivity (Wildman–Crippen MR) is 107 cm³/mol. The van der Waals surface area contributed by atoms with Crippen molar-refractivity contribution in [1.29, 1.82) is 0 Å². The van der Waals surface area contributed by atoms with Gasteiger partial charge < -0.3 is 9.80 Å². The number of hydrogen-bond donors (Lipinski definition) is 0. The first-order valence-corrected chi connectivity index (χ1v) is 11.0. The summed E-state index contributed by atoms with van der Waals surface area (Å²) in [4.78, 5) is 33.9. The summed E-state index contributed by atoms with van der Waals surface area (Å²) in [6.45, 7) is 12.8. The fraction of sp³-hybridized carbons (Fsp3) is 0.905. The lowest BCUT2D eigenvalue weighted by molar-refractivity contribution is -0.136. The molecule has 27 heavy (non-hydrogen) atoms. The number of carbonyl (C=O) groups is 2. The van der Waals surface area contributed by atoms with Gasteiger partial charge in [-0.15, -0.1) is 0 Å². The number of rotatable bonds is 4. The molecule has 3 aliphatic rings. The monoisotopic (exact) mass is 378 g/mol. The van der Waals surface area contributed by atoms with Gasteiger partial charge in [-0.1, -0.05) is 26.7 Å². The third-order valence-electron chi connectivity index (χ3n) is 6.36. The van der Waals surface area contributed by atoms with Crippen molar-refractivity contribution in [1.82, 2.24) is 19.6 Å². The largest absolute Gasteiger partial charge is 0.342 e. The molecular formula is C21H38N4O2. The molecule has 6 nitrogen and oxygen atoms in total. The summed E-state index contributed by atoms with van der Waals surface area (Å²) in [5.74, 6) is 1.79. The van der Waals surface area contributed by atoms with E-state index in [1.54, 1.807) is 0 Å². The Hall–Kier alpha value is -1.14. The van der Waals surface area contributed by atoms with E-state index in [1.165, 1.54) is 19.3 Å². The van der Waals surface area contributed by atoms with Crippen LogP contribution >= 0.6 is 0 Å². The highest BCUT2D eigenvalue weighted by molar-refractivity contribution is 5.79. The molecule has 3 heterocycles. The van der Waals surface area contributed by atoms with E-state index in [9.17, 15) is 9.59 Å². The average molecular weight is 379 g/mol. The topological polar surface area (TPSA) is 47.1 Å². The Morgan fingerprint density at radius 1 is 0.667 bits per heavy atom. The maximum absolute atomic E-state index is 12.7. The molecule has 3 saturated heterocycles. The second-order valence-electron chi connectivity index (χ2n) is 9.09. The lowest BCUT2D eigenvalue weighted by Gasteiger charge is -2.38. The van der Waals surface area contributed by atoms with Gasteiger partial charge in [-0.25, -0.2) is 0 Å². The molecule has 6 heteroatoms. The number of nitrogens with zero attached hydrogens (tertiary/aromatic N) is 4. The Balaban J connectivity index is 1.38. The standard InChI is InChI=1S/C21H38N4O2/c1-18-13-19(2)15-25(14-18)21(27)17-23-11-9-22(10-12-23)16-20(26)24-7-5-3-4-6-8-24/h18-19H,3-17H2,1-2H3. The molecule has 2 atom stereocenters. The first-order valence-electron chi connectivity index (χ1n) is 11.0. The van der Waals surface area contributed by atoms with E-state index < -0.39 is 0 Å². The first-order chi connectivity index (χ1) is 13.0. The lowest BCUT2D eigenvalue weighted by atomic mass is 9.92. The van der Waals surface area contributed by atoms with Crippen molar-refractivity contribution in [3.05, 3.63) is 0 Å². The Kier molecular flexibility index (Phi) is 7.53. The molecule has 0 N–H and O–H groups in total. The molecule has 0 aromatic carbocycles. The molecule has 0 radical (unpaired) electrons. The van der Waals surface area contributed by atoms with Gasteiger partial charge in [0.05, 0.1) is 13.1 Å². The smallest absolute Gasteiger partial charge is 0.236 e. The van der Waals surface area contributed by atoms with Crippen LogP contribution in [-0.2, 0) is 9.59 Å². The molecule has 0 saturated carbocycles. The van der Waals surface area contributed by atoms with Crippen molar-refractivity contribution in [3.8, 4) is 0 Å². The Morgan fingerprint density at radius 2 is 1.11 bits per heavy atom. The molecule has 0 aromatic heterocycles. The van der Waals surface area contributed by atoms with Crippen molar-refractivity contribution in [2.75, 3.05) is 65.4 Å². The van der Waals surface area contributed by atoms with Crippen molar-refractivity contribution in [3.63, 3.8) is 0 Å². The highest BCUT2D eigenvalue weighted by atomic mass is 16.2. The summed E-state index contributed by atoms with van der Waals surface area (Å²) in [5.41, 5.74) is 0. The van der Waals surface area contributed by atoms with Crippen LogP contribution in [0.5, 0.6) is 0 Å². The maximum Gasteiger partial charge on any atom is 0.236 e. The van der Waals surface area contributed by atoms with Crippen LogP contribution in [0.2, 0.25) is 0 Å². The van der Waals surface area contributed by atoms with Crippen molar-refractivity contribution in [2.24, 2.45) is 11.8 Å². The van der Waals surface area contributed by atoms with E-state index in [4.69, 9.17) is 0 Å². The molecule has 2 unspecified atom stereocenters. The zero-order valence-corrected chi connectivity index (χ0v) is 17.4. The first kappa shape index (κ1) is 20.6. The van der Waals surface area contributed by atoms with Gasteiger partial charge >= 0.3 is 0 Å². The fourth-order valence-corrected chi connectivity index (χ4v) is 4.87. The highest BCUT2D eigenvalue weighted by Gasteiger charge is 2.28. The van der Waals surface area contributed by atoms with Crippen molar-refractivity contribution < 1.29 is 9.59 Å². The van der Waals surface area contributed by atoms with Gasteiger partial charge in [0.15, 0.2) is 0 Å². The van der Waals surface area contributed by atoms with Crippen LogP contribution in [-0.4, -0.2) is 96.9 Å². The number of amides is 2.